The van der Waals surface area contributed by atoms with Gasteiger partial charge in [0, 0.05) is 0 Å². The molecule has 0 saturated carbocycles. The molecular weight excluding hydrogens is 82.9 g/mol. The van der Waals surface area contributed by atoms with Crippen LogP contribution in [0.15, 0.2) is 25.3 Å². The largest absolute Gasteiger partial charge is 0.0999 e. The summed E-state index contributed by atoms with van der Waals surface area (Å²) in [5, 5.41) is 0. The Kier molecular flexibility index (Phi) is 110. The van der Waals surface area contributed by atoms with E-state index in [0.717, 1.165) is 0 Å². The van der Waals surface area contributed by atoms with Crippen molar-refractivity contribution in [3.05, 3.63) is 25.3 Å². The predicted octanol–water partition coefficient (Wildman–Crippen LogP) is 2.20. The van der Waals surface area contributed by atoms with E-state index in [4.69, 9.17) is 0 Å². The molecule has 0 rings (SSSR count). The molecule has 0 aromatic carbocycles. The quantitative estimate of drug-likeness (QED) is 0.346. The van der Waals surface area contributed by atoms with Crippen LogP contribution in [0.2, 0.25) is 6.82 Å². The molecule has 0 aliphatic carbocycles. The Bertz CT molecular complexity index is 25.2. The van der Waals surface area contributed by atoms with Crippen molar-refractivity contribution in [1.82, 2.24) is 0 Å². The van der Waals surface area contributed by atoms with Gasteiger partial charge in [0.1, 0.15) is 0 Å². The smallest absolute Gasteiger partial charge is 0.0606 e. The summed E-state index contributed by atoms with van der Waals surface area (Å²) in [6.45, 7) is 8.22. The maximum absolute atomic E-state index is 4.50. The average Bonchev–Trinajstić information content (AvgIpc) is 1.72. The van der Waals surface area contributed by atoms with E-state index in [9.17, 15) is 0 Å². The summed E-state index contributed by atoms with van der Waals surface area (Å²) in [5.74, 6) is 0. The van der Waals surface area contributed by atoms with Crippen molar-refractivity contribution >= 4 is 7.85 Å². The van der Waals surface area contributed by atoms with Crippen molar-refractivity contribution in [2.45, 2.75) is 14.2 Å². The first-order valence-corrected chi connectivity index (χ1v) is 1.73. The molecule has 0 atom stereocenters. The molecule has 0 aromatic heterocycles. The van der Waals surface area contributed by atoms with Gasteiger partial charge >= 0.3 is 0 Å². The van der Waals surface area contributed by atoms with Crippen molar-refractivity contribution in [2.75, 3.05) is 0 Å². The van der Waals surface area contributed by atoms with Crippen LogP contribution in [0.1, 0.15) is 7.43 Å². The van der Waals surface area contributed by atoms with Crippen LogP contribution in [0.25, 0.3) is 0 Å². The third-order valence-corrected chi connectivity index (χ3v) is 0.167. The van der Waals surface area contributed by atoms with E-state index in [1.54, 1.807) is 12.2 Å². The fourth-order valence-corrected chi connectivity index (χ4v) is 0. The molecular formula is C6H13B. The highest BCUT2D eigenvalue weighted by atomic mass is 13.4. The van der Waals surface area contributed by atoms with E-state index >= 15 is 0 Å². The lowest BCUT2D eigenvalue weighted by molar-refractivity contribution is 2.15. The molecule has 0 aliphatic heterocycles. The molecule has 0 aliphatic rings. The monoisotopic (exact) mass is 96.1 g/mol. The molecule has 0 amide bonds. The zero-order chi connectivity index (χ0) is 5.41. The van der Waals surface area contributed by atoms with Gasteiger partial charge in [-0.05, 0) is 0 Å². The fourth-order valence-electron chi connectivity index (χ4n) is 0. The van der Waals surface area contributed by atoms with Gasteiger partial charge in [-0.2, -0.15) is 0 Å². The first kappa shape index (κ1) is 16.0. The zero-order valence-electron chi connectivity index (χ0n) is 4.15. The molecule has 0 nitrogen and oxygen atoms in total. The maximum atomic E-state index is 4.50. The Morgan fingerprint density at radius 2 is 1.29 bits per heavy atom. The Morgan fingerprint density at radius 1 is 1.14 bits per heavy atom. The summed E-state index contributed by atoms with van der Waals surface area (Å²) < 4.78 is 0. The van der Waals surface area contributed by atoms with Gasteiger partial charge in [-0.15, -0.1) is 0 Å². The van der Waals surface area contributed by atoms with Crippen LogP contribution in [-0.4, -0.2) is 7.85 Å². The van der Waals surface area contributed by atoms with E-state index in [-0.39, 0.29) is 7.43 Å². The first-order valence-electron chi connectivity index (χ1n) is 1.73. The molecule has 0 heterocycles. The van der Waals surface area contributed by atoms with E-state index < -0.39 is 0 Å². The number of hydrogen-bond acceptors (Lipinski definition) is 0. The van der Waals surface area contributed by atoms with Crippen LogP contribution in [0.5, 0.6) is 0 Å². The van der Waals surface area contributed by atoms with Crippen molar-refractivity contribution in [3.63, 3.8) is 0 Å². The lowest BCUT2D eigenvalue weighted by atomic mass is 10.2. The van der Waals surface area contributed by atoms with Crippen LogP contribution in [0, 0.1) is 0 Å². The minimum absolute atomic E-state index is 0. The Hall–Kier alpha value is -0.455. The molecule has 0 fully saturated rings. The summed E-state index contributed by atoms with van der Waals surface area (Å²) in [5.41, 5.74) is 0. The summed E-state index contributed by atoms with van der Waals surface area (Å²) in [4.78, 5) is 0. The second-order valence-corrected chi connectivity index (χ2v) is 0.471. The van der Waals surface area contributed by atoms with Crippen molar-refractivity contribution in [2.24, 2.45) is 0 Å². The minimum atomic E-state index is 0. The number of rotatable bonds is 1. The standard InChI is InChI=1S/C4H6.CH3B.CH4/c1-3-4-2;1-2;/h3-4H,1-2H2;1H3;1H4. The van der Waals surface area contributed by atoms with Crippen LogP contribution < -0.4 is 0 Å². The van der Waals surface area contributed by atoms with Crippen LogP contribution in [0.3, 0.4) is 0 Å². The summed E-state index contributed by atoms with van der Waals surface area (Å²) in [7, 11) is 4.50. The summed E-state index contributed by atoms with van der Waals surface area (Å²) in [6.07, 6.45) is 3.28. The first-order chi connectivity index (χ1) is 2.91. The molecule has 1 heteroatoms. The van der Waals surface area contributed by atoms with Crippen LogP contribution in [0.4, 0.5) is 0 Å². The Balaban J connectivity index is -0.0000000480. The molecule has 7 heavy (non-hydrogen) atoms. The Morgan fingerprint density at radius 3 is 1.29 bits per heavy atom. The SMILES string of the molecule is C.C=CC=C.[B]C. The lowest BCUT2D eigenvalue weighted by Crippen LogP contribution is -1.21. The molecule has 0 N–H and O–H groups in total. The molecule has 2 radical (unpaired) electrons. The Labute approximate surface area is 48.3 Å². The van der Waals surface area contributed by atoms with Crippen molar-refractivity contribution < 1.29 is 0 Å². The van der Waals surface area contributed by atoms with E-state index in [1.165, 1.54) is 6.82 Å². The minimum Gasteiger partial charge on any atom is -0.0999 e. The number of hydrogen-bond donors (Lipinski definition) is 0. The second-order valence-electron chi connectivity index (χ2n) is 0.471. The third kappa shape index (κ3) is 235. The summed E-state index contributed by atoms with van der Waals surface area (Å²) in [6, 6.07) is 0. The maximum Gasteiger partial charge on any atom is 0.0606 e. The third-order valence-electron chi connectivity index (χ3n) is 0.167. The lowest BCUT2D eigenvalue weighted by Gasteiger charge is -1.44. The van der Waals surface area contributed by atoms with E-state index in [1.807, 2.05) is 0 Å². The van der Waals surface area contributed by atoms with Gasteiger partial charge in [0.05, 0.1) is 7.85 Å². The van der Waals surface area contributed by atoms with Crippen molar-refractivity contribution in [3.8, 4) is 0 Å². The van der Waals surface area contributed by atoms with Gasteiger partial charge < -0.3 is 0 Å². The number of allylic oxidation sites excluding steroid dienone is 2. The highest BCUT2D eigenvalue weighted by Gasteiger charge is 1.29. The van der Waals surface area contributed by atoms with Gasteiger partial charge in [-0.1, -0.05) is 39.6 Å². The van der Waals surface area contributed by atoms with Gasteiger partial charge in [0.2, 0.25) is 0 Å². The molecule has 0 unspecified atom stereocenters. The molecule has 40 valence electrons. The van der Waals surface area contributed by atoms with E-state index in [2.05, 4.69) is 21.0 Å². The highest BCUT2D eigenvalue weighted by molar-refractivity contribution is 6.05. The van der Waals surface area contributed by atoms with Gasteiger partial charge in [-0.25, -0.2) is 0 Å². The van der Waals surface area contributed by atoms with Gasteiger partial charge in [0.15, 0.2) is 0 Å². The molecule has 0 aromatic rings. The van der Waals surface area contributed by atoms with Gasteiger partial charge in [-0.3, -0.25) is 0 Å². The van der Waals surface area contributed by atoms with Crippen LogP contribution in [-0.2, 0) is 0 Å². The van der Waals surface area contributed by atoms with Crippen LogP contribution >= 0.6 is 0 Å². The fraction of sp³-hybridized carbons (Fsp3) is 0.333. The second kappa shape index (κ2) is 48.0. The van der Waals surface area contributed by atoms with Crippen molar-refractivity contribution in [1.29, 1.82) is 0 Å². The van der Waals surface area contributed by atoms with E-state index in [0.29, 0.717) is 0 Å². The topological polar surface area (TPSA) is 0 Å². The molecule has 0 saturated heterocycles. The molecule has 0 bridgehead atoms. The van der Waals surface area contributed by atoms with Gasteiger partial charge in [0.25, 0.3) is 0 Å². The normalized spacial score (nSPS) is 3.57. The average molecular weight is 96.0 g/mol. The molecule has 0 spiro atoms. The highest BCUT2D eigenvalue weighted by Crippen LogP contribution is 1.52. The zero-order valence-corrected chi connectivity index (χ0v) is 4.15. The summed E-state index contributed by atoms with van der Waals surface area (Å²) >= 11 is 0. The predicted molar refractivity (Wildman–Crippen MR) is 38.7 cm³/mol.